The number of ether oxygens (including phenoxy) is 1. The van der Waals surface area contributed by atoms with Crippen molar-refractivity contribution in [2.75, 3.05) is 6.54 Å². The maximum absolute atomic E-state index is 12.9. The van der Waals surface area contributed by atoms with Crippen molar-refractivity contribution in [3.63, 3.8) is 0 Å². The van der Waals surface area contributed by atoms with Crippen LogP contribution in [0.15, 0.2) is 54.6 Å². The van der Waals surface area contributed by atoms with Gasteiger partial charge in [-0.25, -0.2) is 0 Å². The van der Waals surface area contributed by atoms with Crippen LogP contribution in [-0.4, -0.2) is 22.5 Å². The minimum Gasteiger partial charge on any atom is -0.489 e. The van der Waals surface area contributed by atoms with Gasteiger partial charge in [-0.15, -0.1) is 0 Å². The Morgan fingerprint density at radius 2 is 1.81 bits per heavy atom. The van der Waals surface area contributed by atoms with Crippen molar-refractivity contribution in [3.8, 4) is 5.75 Å². The summed E-state index contributed by atoms with van der Waals surface area (Å²) in [5.41, 5.74) is 1.19. The van der Waals surface area contributed by atoms with E-state index >= 15 is 0 Å². The second kappa shape index (κ2) is 7.87. The molecule has 0 bridgehead atoms. The number of carbonyl (C=O) groups excluding carboxylic acids is 1. The lowest BCUT2D eigenvalue weighted by Gasteiger charge is -2.23. The van der Waals surface area contributed by atoms with Gasteiger partial charge in [0.1, 0.15) is 17.9 Å². The molecule has 0 saturated carbocycles. The van der Waals surface area contributed by atoms with Crippen LogP contribution in [-0.2, 0) is 16.9 Å². The Bertz CT molecular complexity index is 776. The number of benzene rings is 2. The molecule has 1 saturated heterocycles. The lowest BCUT2D eigenvalue weighted by molar-refractivity contribution is -0.130. The molecule has 5 heteroatoms. The highest BCUT2D eigenvalue weighted by atomic mass is 32.1. The van der Waals surface area contributed by atoms with Crippen LogP contribution in [0.5, 0.6) is 5.75 Å². The fraction of sp³-hybridized carbons (Fsp3) is 0.333. The number of hydrogen-bond acceptors (Lipinski definition) is 3. The summed E-state index contributed by atoms with van der Waals surface area (Å²) in [4.78, 5) is 14.6. The molecule has 1 unspecified atom stereocenters. The van der Waals surface area contributed by atoms with Gasteiger partial charge in [0, 0.05) is 6.54 Å². The molecule has 1 atom stereocenters. The first-order valence-corrected chi connectivity index (χ1v) is 9.37. The Labute approximate surface area is 160 Å². The maximum atomic E-state index is 12.9. The SMILES string of the molecule is CCCCN1C(=O)C(C)(c2ccc(OCc3ccccc3)cc2)NC1=S. The normalized spacial score (nSPS) is 19.5. The third-order valence-corrected chi connectivity index (χ3v) is 5.01. The highest BCUT2D eigenvalue weighted by molar-refractivity contribution is 7.80. The minimum atomic E-state index is -0.817. The van der Waals surface area contributed by atoms with E-state index in [9.17, 15) is 4.79 Å². The molecule has 0 aromatic heterocycles. The number of amides is 1. The van der Waals surface area contributed by atoms with Crippen LogP contribution < -0.4 is 10.1 Å². The van der Waals surface area contributed by atoms with E-state index in [4.69, 9.17) is 17.0 Å². The molecule has 1 aliphatic rings. The van der Waals surface area contributed by atoms with Gasteiger partial charge >= 0.3 is 0 Å². The van der Waals surface area contributed by atoms with Crippen molar-refractivity contribution in [1.82, 2.24) is 10.2 Å². The van der Waals surface area contributed by atoms with Gasteiger partial charge in [-0.1, -0.05) is 55.8 Å². The van der Waals surface area contributed by atoms with Crippen LogP contribution in [0.2, 0.25) is 0 Å². The molecule has 1 fully saturated rings. The molecule has 136 valence electrons. The summed E-state index contributed by atoms with van der Waals surface area (Å²) in [5.74, 6) is 0.783. The summed E-state index contributed by atoms with van der Waals surface area (Å²) in [6.07, 6.45) is 1.96. The van der Waals surface area contributed by atoms with Gasteiger partial charge in [0.25, 0.3) is 5.91 Å². The first-order chi connectivity index (χ1) is 12.5. The van der Waals surface area contributed by atoms with E-state index in [0.717, 1.165) is 29.7 Å². The van der Waals surface area contributed by atoms with Crippen molar-refractivity contribution in [3.05, 3.63) is 65.7 Å². The highest BCUT2D eigenvalue weighted by Crippen LogP contribution is 2.30. The quantitative estimate of drug-likeness (QED) is 0.750. The number of nitrogens with one attached hydrogen (secondary N) is 1. The molecular formula is C21H24N2O2S. The average Bonchev–Trinajstić information content (AvgIpc) is 2.89. The minimum absolute atomic E-state index is 0.00824. The van der Waals surface area contributed by atoms with E-state index in [1.54, 1.807) is 4.90 Å². The fourth-order valence-corrected chi connectivity index (χ4v) is 3.42. The topological polar surface area (TPSA) is 41.6 Å². The monoisotopic (exact) mass is 368 g/mol. The molecule has 4 nitrogen and oxygen atoms in total. The molecule has 1 aliphatic heterocycles. The maximum Gasteiger partial charge on any atom is 0.258 e. The Morgan fingerprint density at radius 1 is 1.12 bits per heavy atom. The summed E-state index contributed by atoms with van der Waals surface area (Å²) in [6.45, 7) is 5.16. The highest BCUT2D eigenvalue weighted by Gasteiger charge is 2.46. The van der Waals surface area contributed by atoms with Gasteiger partial charge in [0.05, 0.1) is 0 Å². The molecule has 2 aromatic carbocycles. The molecule has 0 aliphatic carbocycles. The number of unbranched alkanes of at least 4 members (excludes halogenated alkanes) is 1. The van der Waals surface area contributed by atoms with Crippen molar-refractivity contribution in [1.29, 1.82) is 0 Å². The third-order valence-electron chi connectivity index (χ3n) is 4.69. The zero-order valence-corrected chi connectivity index (χ0v) is 16.0. The second-order valence-electron chi connectivity index (χ2n) is 6.66. The number of hydrogen-bond donors (Lipinski definition) is 1. The molecular weight excluding hydrogens is 344 g/mol. The van der Waals surface area contributed by atoms with E-state index in [1.807, 2.05) is 61.5 Å². The zero-order chi connectivity index (χ0) is 18.6. The molecule has 0 spiro atoms. The van der Waals surface area contributed by atoms with Crippen LogP contribution >= 0.6 is 12.2 Å². The Kier molecular flexibility index (Phi) is 5.57. The standard InChI is InChI=1S/C21H24N2O2S/c1-3-4-14-23-19(24)21(2,22-20(23)26)17-10-12-18(13-11-17)25-15-16-8-6-5-7-9-16/h5-13H,3-4,14-15H2,1-2H3,(H,22,26). The molecule has 1 heterocycles. The first-order valence-electron chi connectivity index (χ1n) is 8.96. The summed E-state index contributed by atoms with van der Waals surface area (Å²) in [5, 5.41) is 3.71. The lowest BCUT2D eigenvalue weighted by Crippen LogP contribution is -2.40. The third kappa shape index (κ3) is 3.73. The Hall–Kier alpha value is -2.40. The van der Waals surface area contributed by atoms with Gasteiger partial charge < -0.3 is 10.1 Å². The summed E-state index contributed by atoms with van der Waals surface area (Å²) < 4.78 is 5.82. The largest absolute Gasteiger partial charge is 0.489 e. The number of nitrogens with zero attached hydrogens (tertiary/aromatic N) is 1. The first kappa shape index (κ1) is 18.4. The predicted octanol–water partition coefficient (Wildman–Crippen LogP) is 4.00. The van der Waals surface area contributed by atoms with Crippen molar-refractivity contribution in [2.24, 2.45) is 0 Å². The smallest absolute Gasteiger partial charge is 0.258 e. The second-order valence-corrected chi connectivity index (χ2v) is 7.05. The van der Waals surface area contributed by atoms with Crippen molar-refractivity contribution >= 4 is 23.2 Å². The summed E-state index contributed by atoms with van der Waals surface area (Å²) in [6, 6.07) is 17.7. The number of carbonyl (C=O) groups is 1. The average molecular weight is 369 g/mol. The summed E-state index contributed by atoms with van der Waals surface area (Å²) in [7, 11) is 0. The van der Waals surface area contributed by atoms with Crippen LogP contribution in [0.1, 0.15) is 37.8 Å². The zero-order valence-electron chi connectivity index (χ0n) is 15.2. The van der Waals surface area contributed by atoms with Gasteiger partial charge in [-0.2, -0.15) is 0 Å². The van der Waals surface area contributed by atoms with Crippen molar-refractivity contribution < 1.29 is 9.53 Å². The lowest BCUT2D eigenvalue weighted by atomic mass is 9.92. The molecule has 0 radical (unpaired) electrons. The Morgan fingerprint density at radius 3 is 2.46 bits per heavy atom. The van der Waals surface area contributed by atoms with Gasteiger partial charge in [-0.3, -0.25) is 9.69 Å². The number of thiocarbonyl (C=S) groups is 1. The van der Waals surface area contributed by atoms with E-state index in [1.165, 1.54) is 0 Å². The van der Waals surface area contributed by atoms with Gasteiger partial charge in [0.2, 0.25) is 0 Å². The summed E-state index contributed by atoms with van der Waals surface area (Å²) >= 11 is 5.37. The molecule has 2 aromatic rings. The van der Waals surface area contributed by atoms with E-state index in [2.05, 4.69) is 12.2 Å². The predicted molar refractivity (Wildman–Crippen MR) is 107 cm³/mol. The Balaban J connectivity index is 1.69. The van der Waals surface area contributed by atoms with Gasteiger partial charge in [-0.05, 0) is 48.8 Å². The molecule has 1 N–H and O–H groups in total. The van der Waals surface area contributed by atoms with Crippen LogP contribution in [0.25, 0.3) is 0 Å². The van der Waals surface area contributed by atoms with E-state index < -0.39 is 5.54 Å². The molecule has 1 amide bonds. The van der Waals surface area contributed by atoms with E-state index in [0.29, 0.717) is 18.3 Å². The van der Waals surface area contributed by atoms with Gasteiger partial charge in [0.15, 0.2) is 5.11 Å². The van der Waals surface area contributed by atoms with E-state index in [-0.39, 0.29) is 5.91 Å². The molecule has 3 rings (SSSR count). The van der Waals surface area contributed by atoms with Crippen molar-refractivity contribution in [2.45, 2.75) is 38.8 Å². The number of rotatable bonds is 7. The van der Waals surface area contributed by atoms with Crippen LogP contribution in [0.3, 0.4) is 0 Å². The van der Waals surface area contributed by atoms with Crippen LogP contribution in [0.4, 0.5) is 0 Å². The van der Waals surface area contributed by atoms with Crippen LogP contribution in [0, 0.1) is 0 Å². The fourth-order valence-electron chi connectivity index (χ4n) is 3.04. The molecule has 26 heavy (non-hydrogen) atoms.